The highest BCUT2D eigenvalue weighted by Gasteiger charge is 2.52. The molecule has 1 N–H and O–H groups in total. The fourth-order valence-electron chi connectivity index (χ4n) is 3.91. The van der Waals surface area contributed by atoms with Crippen LogP contribution < -0.4 is 5.32 Å². The Hall–Kier alpha value is -1.57. The molecule has 182 valence electrons. The van der Waals surface area contributed by atoms with Gasteiger partial charge >= 0.3 is 7.60 Å². The van der Waals surface area contributed by atoms with Crippen LogP contribution in [-0.2, 0) is 41.0 Å². The van der Waals surface area contributed by atoms with Gasteiger partial charge in [0.2, 0.25) is 0 Å². The van der Waals surface area contributed by atoms with Crippen molar-refractivity contribution in [1.29, 1.82) is 0 Å². The Morgan fingerprint density at radius 2 is 1.52 bits per heavy atom. The minimum atomic E-state index is -3.57. The molecule has 3 atom stereocenters. The summed E-state index contributed by atoms with van der Waals surface area (Å²) in [6.45, 7) is 9.02. The van der Waals surface area contributed by atoms with E-state index in [1.54, 1.807) is 13.8 Å². The summed E-state index contributed by atoms with van der Waals surface area (Å²) in [5.74, 6) is -1.59. The number of ether oxygens (including phenoxy) is 3. The van der Waals surface area contributed by atoms with Crippen LogP contribution in [-0.4, -0.2) is 43.6 Å². The first-order chi connectivity index (χ1) is 15.9. The highest BCUT2D eigenvalue weighted by molar-refractivity contribution is 7.54. The fourth-order valence-corrected chi connectivity index (χ4v) is 5.95. The molecular weight excluding hydrogens is 441 g/mol. The lowest BCUT2D eigenvalue weighted by Crippen LogP contribution is -2.46. The van der Waals surface area contributed by atoms with E-state index in [0.29, 0.717) is 13.2 Å². The molecule has 1 aliphatic heterocycles. The van der Waals surface area contributed by atoms with Crippen LogP contribution in [0.1, 0.15) is 38.8 Å². The van der Waals surface area contributed by atoms with Crippen LogP contribution in [0.3, 0.4) is 0 Å². The zero-order valence-electron chi connectivity index (χ0n) is 19.9. The lowest BCUT2D eigenvalue weighted by Gasteiger charge is -2.32. The normalized spacial score (nSPS) is 21.2. The van der Waals surface area contributed by atoms with E-state index in [2.05, 4.69) is 5.32 Å². The molecule has 0 unspecified atom stereocenters. The molecule has 33 heavy (non-hydrogen) atoms. The van der Waals surface area contributed by atoms with Crippen molar-refractivity contribution in [3.8, 4) is 0 Å². The monoisotopic (exact) mass is 477 g/mol. The smallest absolute Gasteiger partial charge is 0.350 e. The topological polar surface area (TPSA) is 75.3 Å². The van der Waals surface area contributed by atoms with E-state index >= 15 is 0 Å². The molecule has 1 aliphatic rings. The minimum absolute atomic E-state index is 0.257. The molecule has 1 saturated heterocycles. The molecule has 0 radical (unpaired) electrons. The molecular formula is C25H36NO6P. The van der Waals surface area contributed by atoms with Crippen molar-refractivity contribution < 1.29 is 27.8 Å². The maximum atomic E-state index is 13.9. The Balaban J connectivity index is 1.80. The fraction of sp³-hybridized carbons (Fsp3) is 0.520. The summed E-state index contributed by atoms with van der Waals surface area (Å²) in [5, 5.41) is 3.39. The highest BCUT2D eigenvalue weighted by atomic mass is 31.2. The van der Waals surface area contributed by atoms with Gasteiger partial charge < -0.3 is 23.3 Å². The summed E-state index contributed by atoms with van der Waals surface area (Å²) in [4.78, 5) is 0. The van der Waals surface area contributed by atoms with Crippen molar-refractivity contribution in [2.75, 3.05) is 19.8 Å². The lowest BCUT2D eigenvalue weighted by molar-refractivity contribution is -0.152. The van der Waals surface area contributed by atoms with Gasteiger partial charge in [0.1, 0.15) is 18.0 Å². The van der Waals surface area contributed by atoms with Gasteiger partial charge in [0.05, 0.1) is 26.4 Å². The Kier molecular flexibility index (Phi) is 9.65. The summed E-state index contributed by atoms with van der Waals surface area (Å²) < 4.78 is 43.7. The van der Waals surface area contributed by atoms with Crippen molar-refractivity contribution in [1.82, 2.24) is 5.32 Å². The molecule has 0 aromatic heterocycles. The summed E-state index contributed by atoms with van der Waals surface area (Å²) in [6.07, 6.45) is -1.05. The van der Waals surface area contributed by atoms with Gasteiger partial charge in [0.25, 0.3) is 0 Å². The SMILES string of the molecule is CCOP(=O)(OCC)[C@H](NCc1ccccc1)[C@@H]1OC(C)(C)O[C@H]1COCc1ccccc1. The predicted molar refractivity (Wildman–Crippen MR) is 128 cm³/mol. The molecule has 1 fully saturated rings. The molecule has 8 heteroatoms. The Bertz CT molecular complexity index is 869. The molecule has 2 aromatic rings. The van der Waals surface area contributed by atoms with Gasteiger partial charge in [-0.3, -0.25) is 9.88 Å². The molecule has 0 spiro atoms. The number of nitrogens with one attached hydrogen (secondary N) is 1. The first-order valence-electron chi connectivity index (χ1n) is 11.5. The largest absolute Gasteiger partial charge is 0.374 e. The van der Waals surface area contributed by atoms with Crippen LogP contribution in [0, 0.1) is 0 Å². The van der Waals surface area contributed by atoms with Crippen LogP contribution in [0.2, 0.25) is 0 Å². The van der Waals surface area contributed by atoms with Crippen molar-refractivity contribution in [2.24, 2.45) is 0 Å². The second-order valence-corrected chi connectivity index (χ2v) is 10.5. The van der Waals surface area contributed by atoms with Crippen LogP contribution in [0.5, 0.6) is 0 Å². The summed E-state index contributed by atoms with van der Waals surface area (Å²) in [7, 11) is -3.57. The summed E-state index contributed by atoms with van der Waals surface area (Å²) >= 11 is 0. The first kappa shape index (κ1) is 26.0. The number of hydrogen-bond acceptors (Lipinski definition) is 7. The van der Waals surface area contributed by atoms with Crippen LogP contribution in [0.15, 0.2) is 60.7 Å². The average molecular weight is 478 g/mol. The van der Waals surface area contributed by atoms with Gasteiger partial charge in [-0.15, -0.1) is 0 Å². The average Bonchev–Trinajstić information content (AvgIpc) is 3.09. The van der Waals surface area contributed by atoms with E-state index in [1.165, 1.54) is 0 Å². The van der Waals surface area contributed by atoms with Gasteiger partial charge in [0.15, 0.2) is 5.79 Å². The van der Waals surface area contributed by atoms with Crippen LogP contribution in [0.4, 0.5) is 0 Å². The van der Waals surface area contributed by atoms with Crippen LogP contribution >= 0.6 is 7.60 Å². The maximum absolute atomic E-state index is 13.9. The molecule has 1 heterocycles. The number of hydrogen-bond donors (Lipinski definition) is 1. The van der Waals surface area contributed by atoms with Gasteiger partial charge in [-0.1, -0.05) is 60.7 Å². The summed E-state index contributed by atoms with van der Waals surface area (Å²) in [5.41, 5.74) is 2.12. The lowest BCUT2D eigenvalue weighted by atomic mass is 10.2. The van der Waals surface area contributed by atoms with Crippen molar-refractivity contribution in [3.05, 3.63) is 71.8 Å². The zero-order valence-corrected chi connectivity index (χ0v) is 20.8. The van der Waals surface area contributed by atoms with Gasteiger partial charge in [-0.05, 0) is 38.8 Å². The molecule has 2 aromatic carbocycles. The zero-order chi connectivity index (χ0) is 23.7. The third-order valence-corrected chi connectivity index (χ3v) is 7.64. The molecule has 7 nitrogen and oxygen atoms in total. The van der Waals surface area contributed by atoms with Crippen LogP contribution in [0.25, 0.3) is 0 Å². The van der Waals surface area contributed by atoms with Gasteiger partial charge in [-0.2, -0.15) is 0 Å². The molecule has 3 rings (SSSR count). The Morgan fingerprint density at radius 3 is 2.09 bits per heavy atom. The van der Waals surface area contributed by atoms with Crippen molar-refractivity contribution in [3.63, 3.8) is 0 Å². The minimum Gasteiger partial charge on any atom is -0.374 e. The Morgan fingerprint density at radius 1 is 0.939 bits per heavy atom. The second kappa shape index (κ2) is 12.2. The molecule has 0 saturated carbocycles. The van der Waals surface area contributed by atoms with Gasteiger partial charge in [0, 0.05) is 6.54 Å². The van der Waals surface area contributed by atoms with E-state index in [4.69, 9.17) is 23.3 Å². The van der Waals surface area contributed by atoms with Gasteiger partial charge in [-0.25, -0.2) is 0 Å². The van der Waals surface area contributed by atoms with E-state index in [0.717, 1.165) is 11.1 Å². The number of rotatable bonds is 13. The third-order valence-electron chi connectivity index (χ3n) is 5.24. The van der Waals surface area contributed by atoms with E-state index in [1.807, 2.05) is 74.5 Å². The third kappa shape index (κ3) is 7.46. The van der Waals surface area contributed by atoms with Crippen molar-refractivity contribution in [2.45, 2.75) is 64.6 Å². The predicted octanol–water partition coefficient (Wildman–Crippen LogP) is 5.11. The van der Waals surface area contributed by atoms with E-state index in [-0.39, 0.29) is 19.8 Å². The first-order valence-corrected chi connectivity index (χ1v) is 13.1. The molecule has 0 aliphatic carbocycles. The highest BCUT2D eigenvalue weighted by Crippen LogP contribution is 2.55. The van der Waals surface area contributed by atoms with E-state index in [9.17, 15) is 4.57 Å². The Labute approximate surface area is 197 Å². The standard InChI is InChI=1S/C25H36NO6P/c1-5-29-33(27,30-6-2)24(26-17-20-13-9-7-10-14-20)23-22(31-25(3,4)32-23)19-28-18-21-15-11-8-12-16-21/h7-16,22-24,26H,5-6,17-19H2,1-4H3/t22-,23+,24-/m0/s1. The van der Waals surface area contributed by atoms with E-state index < -0.39 is 31.4 Å². The van der Waals surface area contributed by atoms with Crippen molar-refractivity contribution >= 4 is 7.60 Å². The number of benzene rings is 2. The quantitative estimate of drug-likeness (QED) is 0.402. The molecule has 0 amide bonds. The second-order valence-electron chi connectivity index (χ2n) is 8.33. The summed E-state index contributed by atoms with van der Waals surface area (Å²) in [6, 6.07) is 19.9. The maximum Gasteiger partial charge on any atom is 0.350 e. The molecule has 0 bridgehead atoms.